The molecule has 0 fully saturated rings. The maximum atomic E-state index is 11.6. The molecule has 1 aromatic rings. The molecule has 1 N–H and O–H groups in total. The third-order valence-corrected chi connectivity index (χ3v) is 3.13. The number of benzene rings is 1. The van der Waals surface area contributed by atoms with Gasteiger partial charge in [-0.1, -0.05) is 17.7 Å². The van der Waals surface area contributed by atoms with Gasteiger partial charge in [-0.2, -0.15) is 0 Å². The summed E-state index contributed by atoms with van der Waals surface area (Å²) in [6.45, 7) is 3.30. The Bertz CT molecular complexity index is 490. The standard InChI is InChI=1S/C13H16ClNO4/c1-4-15(8(2)16)12(13(17)18)11-9(14)6-5-7-10(11)19-3/h5-7,12H,4H2,1-3H3,(H,17,18). The molecule has 5 nitrogen and oxygen atoms in total. The molecule has 0 saturated heterocycles. The van der Waals surface area contributed by atoms with Crippen LogP contribution in [0.3, 0.4) is 0 Å². The number of hydrogen-bond donors (Lipinski definition) is 1. The van der Waals surface area contributed by atoms with Crippen molar-refractivity contribution in [3.63, 3.8) is 0 Å². The number of methoxy groups -OCH3 is 1. The fraction of sp³-hybridized carbons (Fsp3) is 0.385. The molecule has 19 heavy (non-hydrogen) atoms. The Morgan fingerprint density at radius 3 is 2.53 bits per heavy atom. The van der Waals surface area contributed by atoms with E-state index in [4.69, 9.17) is 16.3 Å². The zero-order valence-electron chi connectivity index (χ0n) is 11.0. The maximum Gasteiger partial charge on any atom is 0.331 e. The molecular formula is C13H16ClNO4. The number of ether oxygens (including phenoxy) is 1. The average Bonchev–Trinajstić information content (AvgIpc) is 2.35. The van der Waals surface area contributed by atoms with Crippen molar-refractivity contribution in [2.75, 3.05) is 13.7 Å². The topological polar surface area (TPSA) is 66.8 Å². The van der Waals surface area contributed by atoms with Crippen LogP contribution in [0.4, 0.5) is 0 Å². The normalized spacial score (nSPS) is 11.8. The SMILES string of the molecule is CCN(C(C)=O)C(C(=O)O)c1c(Cl)cccc1OC. The predicted octanol–water partition coefficient (Wildman–Crippen LogP) is 2.34. The van der Waals surface area contributed by atoms with Gasteiger partial charge in [0.2, 0.25) is 5.91 Å². The van der Waals surface area contributed by atoms with Crippen LogP contribution in [-0.4, -0.2) is 35.5 Å². The molecule has 0 heterocycles. The van der Waals surface area contributed by atoms with E-state index in [1.54, 1.807) is 25.1 Å². The van der Waals surface area contributed by atoms with E-state index >= 15 is 0 Å². The molecular weight excluding hydrogens is 270 g/mol. The molecule has 0 aliphatic carbocycles. The third-order valence-electron chi connectivity index (χ3n) is 2.80. The largest absolute Gasteiger partial charge is 0.496 e. The van der Waals surface area contributed by atoms with Crippen LogP contribution in [-0.2, 0) is 9.59 Å². The molecule has 1 amide bonds. The summed E-state index contributed by atoms with van der Waals surface area (Å²) in [5.41, 5.74) is 0.288. The van der Waals surface area contributed by atoms with Gasteiger partial charge in [0.15, 0.2) is 6.04 Å². The van der Waals surface area contributed by atoms with E-state index in [0.717, 1.165) is 0 Å². The summed E-state index contributed by atoms with van der Waals surface area (Å²) in [5, 5.41) is 9.67. The Labute approximate surface area is 116 Å². The molecule has 0 aliphatic rings. The minimum Gasteiger partial charge on any atom is -0.496 e. The number of carbonyl (C=O) groups excluding carboxylic acids is 1. The van der Waals surface area contributed by atoms with Gasteiger partial charge in [0.05, 0.1) is 12.1 Å². The van der Waals surface area contributed by atoms with Gasteiger partial charge in [0.25, 0.3) is 0 Å². The number of carbonyl (C=O) groups is 2. The van der Waals surface area contributed by atoms with E-state index in [1.807, 2.05) is 0 Å². The number of halogens is 1. The average molecular weight is 286 g/mol. The highest BCUT2D eigenvalue weighted by Gasteiger charge is 2.32. The van der Waals surface area contributed by atoms with Crippen molar-refractivity contribution in [2.45, 2.75) is 19.9 Å². The van der Waals surface area contributed by atoms with Crippen molar-refractivity contribution in [2.24, 2.45) is 0 Å². The number of amides is 1. The predicted molar refractivity (Wildman–Crippen MR) is 71.4 cm³/mol. The fourth-order valence-electron chi connectivity index (χ4n) is 1.96. The van der Waals surface area contributed by atoms with Gasteiger partial charge in [-0.25, -0.2) is 4.79 Å². The monoisotopic (exact) mass is 285 g/mol. The first-order chi connectivity index (χ1) is 8.93. The van der Waals surface area contributed by atoms with Gasteiger partial charge in [-0.15, -0.1) is 0 Å². The lowest BCUT2D eigenvalue weighted by Gasteiger charge is -2.28. The van der Waals surface area contributed by atoms with E-state index in [0.29, 0.717) is 5.75 Å². The minimum atomic E-state index is -1.16. The van der Waals surface area contributed by atoms with E-state index < -0.39 is 12.0 Å². The summed E-state index contributed by atoms with van der Waals surface area (Å²) in [6.07, 6.45) is 0. The number of aliphatic carboxylic acids is 1. The first-order valence-corrected chi connectivity index (χ1v) is 6.14. The second-order valence-corrected chi connectivity index (χ2v) is 4.31. The highest BCUT2D eigenvalue weighted by Crippen LogP contribution is 2.35. The van der Waals surface area contributed by atoms with Crippen molar-refractivity contribution in [3.8, 4) is 5.75 Å². The van der Waals surface area contributed by atoms with Gasteiger partial charge in [0, 0.05) is 19.0 Å². The first-order valence-electron chi connectivity index (χ1n) is 5.76. The quantitative estimate of drug-likeness (QED) is 0.902. The number of carboxylic acids is 1. The Morgan fingerprint density at radius 2 is 2.11 bits per heavy atom. The summed E-state index contributed by atoms with van der Waals surface area (Å²) in [6, 6.07) is 3.69. The second-order valence-electron chi connectivity index (χ2n) is 3.90. The first kappa shape index (κ1) is 15.3. The zero-order valence-corrected chi connectivity index (χ0v) is 11.8. The smallest absolute Gasteiger partial charge is 0.331 e. The van der Waals surface area contributed by atoms with Crippen LogP contribution in [0.5, 0.6) is 5.75 Å². The number of nitrogens with zero attached hydrogens (tertiary/aromatic N) is 1. The molecule has 0 spiro atoms. The van der Waals surface area contributed by atoms with E-state index in [2.05, 4.69) is 0 Å². The highest BCUT2D eigenvalue weighted by atomic mass is 35.5. The van der Waals surface area contributed by atoms with Crippen LogP contribution < -0.4 is 4.74 Å². The van der Waals surface area contributed by atoms with Crippen molar-refractivity contribution >= 4 is 23.5 Å². The van der Waals surface area contributed by atoms with Crippen LogP contribution in [0, 0.1) is 0 Å². The molecule has 0 saturated carbocycles. The fourth-order valence-corrected chi connectivity index (χ4v) is 2.23. The van der Waals surface area contributed by atoms with Crippen molar-refractivity contribution < 1.29 is 19.4 Å². The molecule has 1 aromatic carbocycles. The number of likely N-dealkylation sites (N-methyl/N-ethyl adjacent to an activating group) is 1. The number of rotatable bonds is 5. The summed E-state index contributed by atoms with van der Waals surface area (Å²) >= 11 is 6.07. The van der Waals surface area contributed by atoms with Crippen LogP contribution in [0.15, 0.2) is 18.2 Å². The minimum absolute atomic E-state index is 0.256. The number of hydrogen-bond acceptors (Lipinski definition) is 3. The molecule has 0 radical (unpaired) electrons. The van der Waals surface area contributed by atoms with Crippen LogP contribution in [0.25, 0.3) is 0 Å². The summed E-state index contributed by atoms with van der Waals surface area (Å²) in [5.74, 6) is -1.14. The van der Waals surface area contributed by atoms with Crippen LogP contribution in [0.1, 0.15) is 25.5 Å². The van der Waals surface area contributed by atoms with Crippen molar-refractivity contribution in [3.05, 3.63) is 28.8 Å². The molecule has 6 heteroatoms. The van der Waals surface area contributed by atoms with Crippen LogP contribution in [0.2, 0.25) is 5.02 Å². The van der Waals surface area contributed by atoms with E-state index in [9.17, 15) is 14.7 Å². The highest BCUT2D eigenvalue weighted by molar-refractivity contribution is 6.31. The zero-order chi connectivity index (χ0) is 14.6. The van der Waals surface area contributed by atoms with Gasteiger partial charge in [0.1, 0.15) is 5.75 Å². The molecule has 0 bridgehead atoms. The lowest BCUT2D eigenvalue weighted by Crippen LogP contribution is -2.37. The number of carboxylic acid groups (broad SMARTS) is 1. The lowest BCUT2D eigenvalue weighted by molar-refractivity contribution is -0.149. The van der Waals surface area contributed by atoms with E-state index in [1.165, 1.54) is 18.9 Å². The molecule has 1 atom stereocenters. The van der Waals surface area contributed by atoms with Gasteiger partial charge < -0.3 is 14.7 Å². The lowest BCUT2D eigenvalue weighted by atomic mass is 10.0. The Hall–Kier alpha value is -1.75. The summed E-state index contributed by atoms with van der Waals surface area (Å²) in [7, 11) is 1.43. The third kappa shape index (κ3) is 3.17. The van der Waals surface area contributed by atoms with Gasteiger partial charge in [-0.3, -0.25) is 4.79 Å². The van der Waals surface area contributed by atoms with Gasteiger partial charge >= 0.3 is 5.97 Å². The van der Waals surface area contributed by atoms with Crippen molar-refractivity contribution in [1.82, 2.24) is 4.90 Å². The molecule has 1 rings (SSSR count). The van der Waals surface area contributed by atoms with Gasteiger partial charge in [-0.05, 0) is 19.1 Å². The molecule has 1 unspecified atom stereocenters. The molecule has 104 valence electrons. The summed E-state index contributed by atoms with van der Waals surface area (Å²) in [4.78, 5) is 24.3. The maximum absolute atomic E-state index is 11.6. The molecule has 0 aromatic heterocycles. The van der Waals surface area contributed by atoms with Crippen molar-refractivity contribution in [1.29, 1.82) is 0 Å². The van der Waals surface area contributed by atoms with E-state index in [-0.39, 0.29) is 23.0 Å². The second kappa shape index (κ2) is 6.43. The summed E-state index contributed by atoms with van der Waals surface area (Å²) < 4.78 is 5.15. The molecule has 0 aliphatic heterocycles. The van der Waals surface area contributed by atoms with Crippen LogP contribution >= 0.6 is 11.6 Å². The Morgan fingerprint density at radius 1 is 1.47 bits per heavy atom. The Kier molecular flexibility index (Phi) is 5.18. The Balaban J connectivity index is 3.42.